The van der Waals surface area contributed by atoms with E-state index >= 15 is 0 Å². The molecule has 92 valence electrons. The molecule has 1 amide bonds. The average Bonchev–Trinajstić information content (AvgIpc) is 2.63. The van der Waals surface area contributed by atoms with Gasteiger partial charge in [-0.15, -0.1) is 11.6 Å². The van der Waals surface area contributed by atoms with E-state index in [-0.39, 0.29) is 11.8 Å². The fraction of sp³-hybridized carbons (Fsp3) is 0.417. The molecular formula is C12H15ClN2O2. The first kappa shape index (κ1) is 12.2. The third-order valence-electron chi connectivity index (χ3n) is 2.85. The zero-order valence-corrected chi connectivity index (χ0v) is 10.4. The molecule has 2 rings (SSSR count). The molecule has 1 heterocycles. The van der Waals surface area contributed by atoms with Gasteiger partial charge in [-0.25, -0.2) is 0 Å². The lowest BCUT2D eigenvalue weighted by Crippen LogP contribution is -2.21. The highest BCUT2D eigenvalue weighted by Gasteiger charge is 2.26. The van der Waals surface area contributed by atoms with Gasteiger partial charge in [-0.05, 0) is 12.1 Å². The van der Waals surface area contributed by atoms with E-state index in [9.17, 15) is 9.90 Å². The molecule has 0 bridgehead atoms. The highest BCUT2D eigenvalue weighted by molar-refractivity contribution is 6.18. The topological polar surface area (TPSA) is 52.6 Å². The zero-order chi connectivity index (χ0) is 12.4. The number of nitrogens with one attached hydrogen (secondary N) is 1. The van der Waals surface area contributed by atoms with E-state index in [4.69, 9.17) is 11.6 Å². The zero-order valence-electron chi connectivity index (χ0n) is 9.61. The Kier molecular flexibility index (Phi) is 3.54. The van der Waals surface area contributed by atoms with Crippen molar-refractivity contribution >= 4 is 23.2 Å². The highest BCUT2D eigenvalue weighted by Crippen LogP contribution is 2.28. The summed E-state index contributed by atoms with van der Waals surface area (Å²) in [7, 11) is 1.78. The van der Waals surface area contributed by atoms with Crippen LogP contribution in [0.1, 0.15) is 15.9 Å². The number of rotatable bonds is 4. The monoisotopic (exact) mass is 254 g/mol. The average molecular weight is 255 g/mol. The molecule has 17 heavy (non-hydrogen) atoms. The molecule has 4 nitrogen and oxygen atoms in total. The molecule has 0 saturated carbocycles. The first-order chi connectivity index (χ1) is 8.13. The van der Waals surface area contributed by atoms with Crippen LogP contribution in [0.25, 0.3) is 0 Å². The fourth-order valence-electron chi connectivity index (χ4n) is 1.92. The van der Waals surface area contributed by atoms with Crippen molar-refractivity contribution in [2.45, 2.75) is 12.6 Å². The normalized spacial score (nSPS) is 15.9. The number of nitrogens with zero attached hydrogens (tertiary/aromatic N) is 1. The van der Waals surface area contributed by atoms with E-state index in [2.05, 4.69) is 5.32 Å². The molecule has 0 fully saturated rings. The van der Waals surface area contributed by atoms with Gasteiger partial charge in [0.1, 0.15) is 0 Å². The van der Waals surface area contributed by atoms with Crippen molar-refractivity contribution in [3.05, 3.63) is 29.3 Å². The van der Waals surface area contributed by atoms with Crippen LogP contribution in [-0.4, -0.2) is 41.5 Å². The van der Waals surface area contributed by atoms with Gasteiger partial charge in [0.05, 0.1) is 12.0 Å². The number of benzene rings is 1. The summed E-state index contributed by atoms with van der Waals surface area (Å²) in [5, 5.41) is 12.5. The lowest BCUT2D eigenvalue weighted by Gasteiger charge is -2.13. The molecular weight excluding hydrogens is 240 g/mol. The standard InChI is InChI=1S/C12H15ClN2O2/c1-15-7-10-9(12(15)17)3-2-4-11(10)14-6-8(16)5-13/h2-4,8,14,16H,5-7H2,1H3. The minimum absolute atomic E-state index is 0.0431. The number of carbonyl (C=O) groups excluding carboxylic acids is 1. The molecule has 0 aromatic heterocycles. The SMILES string of the molecule is CN1Cc2c(NCC(O)CCl)cccc2C1=O. The third-order valence-corrected chi connectivity index (χ3v) is 3.21. The number of halogens is 1. The van der Waals surface area contributed by atoms with Crippen molar-refractivity contribution < 1.29 is 9.90 Å². The van der Waals surface area contributed by atoms with Gasteiger partial charge in [0.15, 0.2) is 0 Å². The summed E-state index contributed by atoms with van der Waals surface area (Å²) in [6.45, 7) is 0.992. The van der Waals surface area contributed by atoms with Crippen molar-refractivity contribution in [3.8, 4) is 0 Å². The molecule has 1 aliphatic rings. The van der Waals surface area contributed by atoms with Gasteiger partial charge >= 0.3 is 0 Å². The van der Waals surface area contributed by atoms with E-state index in [1.807, 2.05) is 18.2 Å². The molecule has 1 aromatic rings. The number of alkyl halides is 1. The highest BCUT2D eigenvalue weighted by atomic mass is 35.5. The molecule has 0 saturated heterocycles. The molecule has 1 aromatic carbocycles. The van der Waals surface area contributed by atoms with E-state index in [1.54, 1.807) is 11.9 Å². The van der Waals surface area contributed by atoms with Gasteiger partial charge < -0.3 is 15.3 Å². The van der Waals surface area contributed by atoms with Crippen molar-refractivity contribution in [2.75, 3.05) is 24.8 Å². The lowest BCUT2D eigenvalue weighted by atomic mass is 10.1. The number of carbonyl (C=O) groups is 1. The van der Waals surface area contributed by atoms with Crippen LogP contribution in [0.4, 0.5) is 5.69 Å². The Bertz CT molecular complexity index is 437. The van der Waals surface area contributed by atoms with Crippen molar-refractivity contribution in [2.24, 2.45) is 0 Å². The second kappa shape index (κ2) is 4.94. The second-order valence-corrected chi connectivity index (χ2v) is 4.49. The van der Waals surface area contributed by atoms with Gasteiger partial charge in [-0.1, -0.05) is 6.07 Å². The maximum atomic E-state index is 11.8. The molecule has 1 unspecified atom stereocenters. The number of hydrogen-bond acceptors (Lipinski definition) is 3. The predicted molar refractivity (Wildman–Crippen MR) is 67.5 cm³/mol. The third kappa shape index (κ3) is 2.37. The molecule has 0 aliphatic carbocycles. The quantitative estimate of drug-likeness (QED) is 0.796. The van der Waals surface area contributed by atoms with Crippen LogP contribution in [0.2, 0.25) is 0 Å². The summed E-state index contributed by atoms with van der Waals surface area (Å²) < 4.78 is 0. The second-order valence-electron chi connectivity index (χ2n) is 4.18. The summed E-state index contributed by atoms with van der Waals surface area (Å²) in [5.74, 6) is 0.238. The largest absolute Gasteiger partial charge is 0.390 e. The van der Waals surface area contributed by atoms with Crippen LogP contribution in [0, 0.1) is 0 Å². The Hall–Kier alpha value is -1.26. The molecule has 0 spiro atoms. The Labute approximate surface area is 105 Å². The Morgan fingerprint density at radius 3 is 3.06 bits per heavy atom. The minimum atomic E-state index is -0.581. The number of hydrogen-bond donors (Lipinski definition) is 2. The lowest BCUT2D eigenvalue weighted by molar-refractivity contribution is 0.0816. The van der Waals surface area contributed by atoms with Crippen molar-refractivity contribution in [1.82, 2.24) is 4.90 Å². The smallest absolute Gasteiger partial charge is 0.254 e. The van der Waals surface area contributed by atoms with E-state index in [0.717, 1.165) is 16.8 Å². The number of amides is 1. The number of aliphatic hydroxyl groups excluding tert-OH is 1. The molecule has 1 atom stereocenters. The number of anilines is 1. The maximum absolute atomic E-state index is 11.8. The molecule has 2 N–H and O–H groups in total. The van der Waals surface area contributed by atoms with Crippen LogP contribution >= 0.6 is 11.6 Å². The Morgan fingerprint density at radius 2 is 2.35 bits per heavy atom. The van der Waals surface area contributed by atoms with Gasteiger partial charge in [0.2, 0.25) is 0 Å². The van der Waals surface area contributed by atoms with Gasteiger partial charge in [-0.3, -0.25) is 4.79 Å². The number of fused-ring (bicyclic) bond motifs is 1. The van der Waals surface area contributed by atoms with Crippen molar-refractivity contribution in [3.63, 3.8) is 0 Å². The first-order valence-electron chi connectivity index (χ1n) is 5.48. The summed E-state index contributed by atoms with van der Waals surface area (Å²) in [6.07, 6.45) is -0.581. The predicted octanol–water partition coefficient (Wildman–Crippen LogP) is 1.28. The van der Waals surface area contributed by atoms with E-state index in [1.165, 1.54) is 0 Å². The fourth-order valence-corrected chi connectivity index (χ4v) is 2.03. The van der Waals surface area contributed by atoms with Gasteiger partial charge in [0, 0.05) is 37.0 Å². The van der Waals surface area contributed by atoms with Crippen LogP contribution in [0.15, 0.2) is 18.2 Å². The Morgan fingerprint density at radius 1 is 1.59 bits per heavy atom. The minimum Gasteiger partial charge on any atom is -0.390 e. The van der Waals surface area contributed by atoms with Crippen LogP contribution in [0.3, 0.4) is 0 Å². The molecule has 5 heteroatoms. The molecule has 1 aliphatic heterocycles. The summed E-state index contributed by atoms with van der Waals surface area (Å²) in [5.41, 5.74) is 2.61. The van der Waals surface area contributed by atoms with E-state index < -0.39 is 6.10 Å². The van der Waals surface area contributed by atoms with Crippen molar-refractivity contribution in [1.29, 1.82) is 0 Å². The molecule has 0 radical (unpaired) electrons. The summed E-state index contributed by atoms with van der Waals surface area (Å²) in [6, 6.07) is 5.57. The van der Waals surface area contributed by atoms with Crippen LogP contribution < -0.4 is 5.32 Å². The summed E-state index contributed by atoms with van der Waals surface area (Å²) in [4.78, 5) is 13.4. The van der Waals surface area contributed by atoms with Gasteiger partial charge in [0.25, 0.3) is 5.91 Å². The first-order valence-corrected chi connectivity index (χ1v) is 6.02. The summed E-state index contributed by atoms with van der Waals surface area (Å²) >= 11 is 5.53. The maximum Gasteiger partial charge on any atom is 0.254 e. The van der Waals surface area contributed by atoms with E-state index in [0.29, 0.717) is 13.1 Å². The van der Waals surface area contributed by atoms with Gasteiger partial charge in [-0.2, -0.15) is 0 Å². The van der Waals surface area contributed by atoms with Crippen LogP contribution in [-0.2, 0) is 6.54 Å². The number of aliphatic hydroxyl groups is 1. The van der Waals surface area contributed by atoms with Crippen LogP contribution in [0.5, 0.6) is 0 Å². The Balaban J connectivity index is 2.18.